The zero-order chi connectivity index (χ0) is 14.9. The van der Waals surface area contributed by atoms with Crippen molar-refractivity contribution in [1.82, 2.24) is 10.2 Å². The number of anilines is 1. The van der Waals surface area contributed by atoms with Crippen molar-refractivity contribution in [1.29, 1.82) is 0 Å². The fourth-order valence-electron chi connectivity index (χ4n) is 2.72. The van der Waals surface area contributed by atoms with E-state index >= 15 is 0 Å². The van der Waals surface area contributed by atoms with Gasteiger partial charge in [-0.3, -0.25) is 10.1 Å². The second-order valence-electron chi connectivity index (χ2n) is 5.84. The molecule has 0 atom stereocenters. The topological polar surface area (TPSA) is 54.9 Å². The minimum absolute atomic E-state index is 0.0102. The number of thioether (sulfide) groups is 1. The summed E-state index contributed by atoms with van der Waals surface area (Å²) in [7, 11) is 0. The van der Waals surface area contributed by atoms with Gasteiger partial charge in [-0.15, -0.1) is 22.0 Å². The van der Waals surface area contributed by atoms with Crippen LogP contribution in [0.25, 0.3) is 0 Å². The van der Waals surface area contributed by atoms with Crippen molar-refractivity contribution in [2.45, 2.75) is 42.9 Å². The molecule has 2 aliphatic carbocycles. The van der Waals surface area contributed by atoms with E-state index in [2.05, 4.69) is 33.7 Å². The molecule has 22 heavy (non-hydrogen) atoms. The average molecular weight is 331 g/mol. The van der Waals surface area contributed by atoms with Crippen LogP contribution >= 0.6 is 23.1 Å². The third-order valence-electron chi connectivity index (χ3n) is 4.05. The fourth-order valence-corrected chi connectivity index (χ4v) is 4.41. The molecule has 114 valence electrons. The molecule has 4 rings (SSSR count). The summed E-state index contributed by atoms with van der Waals surface area (Å²) in [6.45, 7) is 0. The maximum absolute atomic E-state index is 12.0. The Labute approximate surface area is 137 Å². The molecule has 0 bridgehead atoms. The van der Waals surface area contributed by atoms with E-state index in [9.17, 15) is 4.79 Å². The summed E-state index contributed by atoms with van der Waals surface area (Å²) in [4.78, 5) is 13.2. The first-order valence-corrected chi connectivity index (χ1v) is 9.46. The Morgan fingerprint density at radius 3 is 3.00 bits per heavy atom. The highest BCUT2D eigenvalue weighted by molar-refractivity contribution is 8.00. The van der Waals surface area contributed by atoms with Gasteiger partial charge in [0.25, 0.3) is 0 Å². The zero-order valence-corrected chi connectivity index (χ0v) is 13.8. The van der Waals surface area contributed by atoms with Crippen LogP contribution in [0.1, 0.15) is 41.3 Å². The predicted molar refractivity (Wildman–Crippen MR) is 89.7 cm³/mol. The molecule has 0 spiro atoms. The lowest BCUT2D eigenvalue weighted by Crippen LogP contribution is -2.13. The van der Waals surface area contributed by atoms with Gasteiger partial charge in [0.15, 0.2) is 0 Å². The van der Waals surface area contributed by atoms with Crippen molar-refractivity contribution in [3.05, 3.63) is 34.3 Å². The number of hydrogen-bond donors (Lipinski definition) is 1. The number of carbonyl (C=O) groups is 1. The second kappa shape index (κ2) is 6.01. The van der Waals surface area contributed by atoms with Crippen molar-refractivity contribution in [3.8, 4) is 0 Å². The maximum Gasteiger partial charge on any atom is 0.236 e. The molecule has 1 amide bonds. The van der Waals surface area contributed by atoms with Gasteiger partial charge in [-0.2, -0.15) is 0 Å². The average Bonchev–Trinajstić information content (AvgIpc) is 3.08. The Kier molecular flexibility index (Phi) is 3.88. The second-order valence-corrected chi connectivity index (χ2v) is 7.90. The largest absolute Gasteiger partial charge is 0.300 e. The molecule has 2 aliphatic rings. The molecule has 6 heteroatoms. The Morgan fingerprint density at radius 2 is 2.14 bits per heavy atom. The van der Waals surface area contributed by atoms with Crippen LogP contribution in [0.5, 0.6) is 0 Å². The number of carbonyl (C=O) groups excluding carboxylic acids is 1. The minimum atomic E-state index is -0.0102. The van der Waals surface area contributed by atoms with Crippen molar-refractivity contribution in [3.63, 3.8) is 0 Å². The van der Waals surface area contributed by atoms with Gasteiger partial charge < -0.3 is 0 Å². The molecule has 0 radical (unpaired) electrons. The van der Waals surface area contributed by atoms with Crippen molar-refractivity contribution < 1.29 is 4.79 Å². The van der Waals surface area contributed by atoms with E-state index in [1.165, 1.54) is 59.5 Å². The number of amides is 1. The number of nitrogens with zero attached hydrogens (tertiary/aromatic N) is 2. The lowest BCUT2D eigenvalue weighted by Gasteiger charge is -2.04. The lowest BCUT2D eigenvalue weighted by molar-refractivity contribution is -0.113. The van der Waals surface area contributed by atoms with Crippen LogP contribution in [-0.2, 0) is 17.6 Å². The number of rotatable bonds is 5. The molecule has 1 aromatic heterocycles. The third kappa shape index (κ3) is 3.17. The molecule has 1 saturated carbocycles. The zero-order valence-electron chi connectivity index (χ0n) is 12.2. The van der Waals surface area contributed by atoms with Crippen LogP contribution in [0.2, 0.25) is 0 Å². The third-order valence-corrected chi connectivity index (χ3v) is 6.05. The summed E-state index contributed by atoms with van der Waals surface area (Å²) in [5, 5.41) is 12.7. The van der Waals surface area contributed by atoms with Crippen LogP contribution in [0, 0.1) is 0 Å². The van der Waals surface area contributed by atoms with Crippen LogP contribution in [-0.4, -0.2) is 21.9 Å². The van der Waals surface area contributed by atoms with Crippen LogP contribution in [0.3, 0.4) is 0 Å². The van der Waals surface area contributed by atoms with Gasteiger partial charge in [-0.1, -0.05) is 17.4 Å². The highest BCUT2D eigenvalue weighted by Crippen LogP contribution is 2.42. The molecule has 2 aromatic rings. The van der Waals surface area contributed by atoms with Crippen molar-refractivity contribution in [2.75, 3.05) is 11.1 Å². The van der Waals surface area contributed by atoms with E-state index in [4.69, 9.17) is 0 Å². The van der Waals surface area contributed by atoms with E-state index in [0.29, 0.717) is 16.8 Å². The summed E-state index contributed by atoms with van der Waals surface area (Å²) in [6.07, 6.45) is 6.03. The number of fused-ring (bicyclic) bond motifs is 1. The molecule has 0 unspecified atom stereocenters. The van der Waals surface area contributed by atoms with Gasteiger partial charge in [-0.25, -0.2) is 0 Å². The first-order valence-electron chi connectivity index (χ1n) is 7.66. The molecule has 4 nitrogen and oxygen atoms in total. The number of hydrogen-bond acceptors (Lipinski definition) is 5. The number of aryl methyl sites for hydroxylation is 2. The Morgan fingerprint density at radius 1 is 1.27 bits per heavy atom. The van der Waals surface area contributed by atoms with E-state index in [0.717, 1.165) is 5.01 Å². The first-order chi connectivity index (χ1) is 10.8. The molecule has 1 heterocycles. The maximum atomic E-state index is 12.0. The Hall–Kier alpha value is -1.40. The molecular formula is C16H17N3OS2. The van der Waals surface area contributed by atoms with Crippen LogP contribution in [0.15, 0.2) is 23.1 Å². The van der Waals surface area contributed by atoms with E-state index in [-0.39, 0.29) is 5.91 Å². The van der Waals surface area contributed by atoms with Gasteiger partial charge in [0.2, 0.25) is 11.0 Å². The molecular weight excluding hydrogens is 314 g/mol. The summed E-state index contributed by atoms with van der Waals surface area (Å²) in [5.41, 5.74) is 2.92. The van der Waals surface area contributed by atoms with Crippen molar-refractivity contribution >= 4 is 34.1 Å². The monoisotopic (exact) mass is 331 g/mol. The quantitative estimate of drug-likeness (QED) is 0.850. The summed E-state index contributed by atoms with van der Waals surface area (Å²) >= 11 is 3.09. The lowest BCUT2D eigenvalue weighted by atomic mass is 10.1. The highest BCUT2D eigenvalue weighted by atomic mass is 32.2. The number of nitrogens with one attached hydrogen (secondary N) is 1. The molecule has 0 saturated heterocycles. The molecule has 1 fully saturated rings. The Balaban J connectivity index is 1.31. The van der Waals surface area contributed by atoms with E-state index in [1.54, 1.807) is 11.8 Å². The SMILES string of the molecule is O=C(CSc1ccc2c(c1)CCC2)Nc1nnc(C2CC2)s1. The van der Waals surface area contributed by atoms with Crippen LogP contribution < -0.4 is 5.32 Å². The van der Waals surface area contributed by atoms with E-state index in [1.807, 2.05) is 0 Å². The first kappa shape index (κ1) is 14.2. The van der Waals surface area contributed by atoms with E-state index < -0.39 is 0 Å². The van der Waals surface area contributed by atoms with Crippen LogP contribution in [0.4, 0.5) is 5.13 Å². The molecule has 1 N–H and O–H groups in total. The minimum Gasteiger partial charge on any atom is -0.300 e. The van der Waals surface area contributed by atoms with Gasteiger partial charge in [0, 0.05) is 10.8 Å². The summed E-state index contributed by atoms with van der Waals surface area (Å²) < 4.78 is 0. The smallest absolute Gasteiger partial charge is 0.236 e. The molecule has 1 aromatic carbocycles. The number of aromatic nitrogens is 2. The fraction of sp³-hybridized carbons (Fsp3) is 0.438. The normalized spacial score (nSPS) is 16.5. The van der Waals surface area contributed by atoms with Gasteiger partial charge in [0.05, 0.1) is 5.75 Å². The summed E-state index contributed by atoms with van der Waals surface area (Å²) in [6, 6.07) is 6.56. The summed E-state index contributed by atoms with van der Waals surface area (Å²) in [5.74, 6) is 0.991. The Bertz CT molecular complexity index is 709. The standard InChI is InChI=1S/C16H17N3OS2/c20-14(17-16-19-18-15(22-16)11-4-5-11)9-21-13-7-6-10-2-1-3-12(10)8-13/h6-8,11H,1-5,9H2,(H,17,19,20). The highest BCUT2D eigenvalue weighted by Gasteiger charge is 2.27. The van der Waals surface area contributed by atoms with Gasteiger partial charge in [-0.05, 0) is 55.4 Å². The molecule has 0 aliphatic heterocycles. The van der Waals surface area contributed by atoms with Gasteiger partial charge >= 0.3 is 0 Å². The van der Waals surface area contributed by atoms with Gasteiger partial charge in [0.1, 0.15) is 5.01 Å². The number of benzene rings is 1. The predicted octanol–water partition coefficient (Wildman–Crippen LogP) is 3.64. The van der Waals surface area contributed by atoms with Crippen molar-refractivity contribution in [2.24, 2.45) is 0 Å².